The molecule has 0 spiro atoms. The highest BCUT2D eigenvalue weighted by Gasteiger charge is 2.15. The summed E-state index contributed by atoms with van der Waals surface area (Å²) >= 11 is 5.85. The lowest BCUT2D eigenvalue weighted by molar-refractivity contribution is 0.102. The topological polar surface area (TPSA) is 38.3 Å². The minimum Gasteiger partial charge on any atom is -0.494 e. The standard InChI is InChI=1S/C16H15ClFNO2/c1-2-10-21-12-8-6-11(7-9-12)19-16(20)15-13(17)4-3-5-14(15)18/h3-9H,2,10H2,1H3,(H,19,20). The Bertz CT molecular complexity index is 608. The van der Waals surface area contributed by atoms with Gasteiger partial charge in [-0.25, -0.2) is 4.39 Å². The first kappa shape index (κ1) is 15.3. The third-order valence-corrected chi connectivity index (χ3v) is 3.09. The van der Waals surface area contributed by atoms with Crippen LogP contribution in [0.2, 0.25) is 5.02 Å². The molecule has 1 amide bonds. The van der Waals surface area contributed by atoms with Gasteiger partial charge in [0, 0.05) is 5.69 Å². The van der Waals surface area contributed by atoms with E-state index in [0.717, 1.165) is 12.2 Å². The summed E-state index contributed by atoms with van der Waals surface area (Å²) in [6.07, 6.45) is 0.921. The van der Waals surface area contributed by atoms with Crippen molar-refractivity contribution in [3.05, 3.63) is 58.9 Å². The predicted octanol–water partition coefficient (Wildman–Crippen LogP) is 4.52. The fraction of sp³-hybridized carbons (Fsp3) is 0.188. The van der Waals surface area contributed by atoms with E-state index in [4.69, 9.17) is 16.3 Å². The summed E-state index contributed by atoms with van der Waals surface area (Å²) in [6.45, 7) is 2.66. The molecule has 2 aromatic rings. The number of hydrogen-bond donors (Lipinski definition) is 1. The molecule has 0 saturated heterocycles. The SMILES string of the molecule is CCCOc1ccc(NC(=O)c2c(F)cccc2Cl)cc1. The molecule has 1 N–H and O–H groups in total. The van der Waals surface area contributed by atoms with E-state index in [1.807, 2.05) is 6.92 Å². The van der Waals surface area contributed by atoms with Crippen molar-refractivity contribution in [2.45, 2.75) is 13.3 Å². The smallest absolute Gasteiger partial charge is 0.260 e. The van der Waals surface area contributed by atoms with Crippen LogP contribution in [-0.4, -0.2) is 12.5 Å². The quantitative estimate of drug-likeness (QED) is 0.882. The zero-order chi connectivity index (χ0) is 15.2. The van der Waals surface area contributed by atoms with E-state index in [1.165, 1.54) is 18.2 Å². The molecular formula is C16H15ClFNO2. The van der Waals surface area contributed by atoms with E-state index < -0.39 is 11.7 Å². The van der Waals surface area contributed by atoms with Gasteiger partial charge in [0.25, 0.3) is 5.91 Å². The van der Waals surface area contributed by atoms with Crippen LogP contribution in [0.1, 0.15) is 23.7 Å². The van der Waals surface area contributed by atoms with Crippen molar-refractivity contribution < 1.29 is 13.9 Å². The molecular weight excluding hydrogens is 293 g/mol. The zero-order valence-corrected chi connectivity index (χ0v) is 12.3. The van der Waals surface area contributed by atoms with Gasteiger partial charge < -0.3 is 10.1 Å². The number of carbonyl (C=O) groups excluding carboxylic acids is 1. The number of amides is 1. The van der Waals surface area contributed by atoms with Crippen molar-refractivity contribution in [2.24, 2.45) is 0 Å². The molecule has 2 rings (SSSR count). The first-order chi connectivity index (χ1) is 10.1. The first-order valence-electron chi connectivity index (χ1n) is 6.60. The van der Waals surface area contributed by atoms with Crippen LogP contribution in [-0.2, 0) is 0 Å². The number of hydrogen-bond acceptors (Lipinski definition) is 2. The molecule has 0 heterocycles. The van der Waals surface area contributed by atoms with Crippen LogP contribution < -0.4 is 10.1 Å². The maximum Gasteiger partial charge on any atom is 0.260 e. The summed E-state index contributed by atoms with van der Waals surface area (Å²) in [5.74, 6) is -0.512. The lowest BCUT2D eigenvalue weighted by Crippen LogP contribution is -2.14. The molecule has 5 heteroatoms. The predicted molar refractivity (Wildman–Crippen MR) is 81.6 cm³/mol. The summed E-state index contributed by atoms with van der Waals surface area (Å²) in [7, 11) is 0. The van der Waals surface area contributed by atoms with Gasteiger partial charge in [0.2, 0.25) is 0 Å². The number of nitrogens with one attached hydrogen (secondary N) is 1. The molecule has 3 nitrogen and oxygen atoms in total. The van der Waals surface area contributed by atoms with E-state index >= 15 is 0 Å². The minimum absolute atomic E-state index is 0.0791. The van der Waals surface area contributed by atoms with Crippen LogP contribution >= 0.6 is 11.6 Å². The Morgan fingerprint density at radius 1 is 1.24 bits per heavy atom. The zero-order valence-electron chi connectivity index (χ0n) is 11.5. The van der Waals surface area contributed by atoms with Gasteiger partial charge in [-0.2, -0.15) is 0 Å². The number of rotatable bonds is 5. The molecule has 0 unspecified atom stereocenters. The monoisotopic (exact) mass is 307 g/mol. The molecule has 0 aromatic heterocycles. The van der Waals surface area contributed by atoms with Crippen LogP contribution in [0.4, 0.5) is 10.1 Å². The largest absolute Gasteiger partial charge is 0.494 e. The second-order valence-electron chi connectivity index (χ2n) is 4.42. The van der Waals surface area contributed by atoms with Crippen molar-refractivity contribution in [2.75, 3.05) is 11.9 Å². The number of carbonyl (C=O) groups is 1. The first-order valence-corrected chi connectivity index (χ1v) is 6.98. The summed E-state index contributed by atoms with van der Waals surface area (Å²) in [5.41, 5.74) is 0.383. The van der Waals surface area contributed by atoms with Crippen molar-refractivity contribution in [1.29, 1.82) is 0 Å². The average molecular weight is 308 g/mol. The Morgan fingerprint density at radius 2 is 1.95 bits per heavy atom. The molecule has 110 valence electrons. The molecule has 0 radical (unpaired) electrons. The van der Waals surface area contributed by atoms with Crippen molar-refractivity contribution in [3.8, 4) is 5.75 Å². The molecule has 0 aliphatic heterocycles. The highest BCUT2D eigenvalue weighted by atomic mass is 35.5. The van der Waals surface area contributed by atoms with Gasteiger partial charge in [0.1, 0.15) is 11.6 Å². The van der Waals surface area contributed by atoms with Crippen molar-refractivity contribution >= 4 is 23.2 Å². The molecule has 21 heavy (non-hydrogen) atoms. The second-order valence-corrected chi connectivity index (χ2v) is 4.83. The highest BCUT2D eigenvalue weighted by Crippen LogP contribution is 2.21. The van der Waals surface area contributed by atoms with Gasteiger partial charge in [-0.05, 0) is 42.8 Å². The molecule has 0 aliphatic rings. The maximum absolute atomic E-state index is 13.6. The maximum atomic E-state index is 13.6. The Labute approximate surface area is 127 Å². The van der Waals surface area contributed by atoms with E-state index in [-0.39, 0.29) is 10.6 Å². The van der Waals surface area contributed by atoms with E-state index in [9.17, 15) is 9.18 Å². The van der Waals surface area contributed by atoms with Crippen LogP contribution in [0.15, 0.2) is 42.5 Å². The van der Waals surface area contributed by atoms with E-state index in [2.05, 4.69) is 5.32 Å². The highest BCUT2D eigenvalue weighted by molar-refractivity contribution is 6.34. The molecule has 0 saturated carbocycles. The third-order valence-electron chi connectivity index (χ3n) is 2.77. The van der Waals surface area contributed by atoms with Gasteiger partial charge in [-0.1, -0.05) is 24.6 Å². The number of benzene rings is 2. The number of anilines is 1. The second kappa shape index (κ2) is 7.09. The van der Waals surface area contributed by atoms with E-state index in [1.54, 1.807) is 24.3 Å². The van der Waals surface area contributed by atoms with Gasteiger partial charge in [-0.3, -0.25) is 4.79 Å². The van der Waals surface area contributed by atoms with Crippen molar-refractivity contribution in [3.63, 3.8) is 0 Å². The van der Waals surface area contributed by atoms with Crippen molar-refractivity contribution in [1.82, 2.24) is 0 Å². The third kappa shape index (κ3) is 3.95. The molecule has 2 aromatic carbocycles. The van der Waals surface area contributed by atoms with Crippen LogP contribution in [0.25, 0.3) is 0 Å². The summed E-state index contributed by atoms with van der Waals surface area (Å²) in [5, 5.41) is 2.68. The molecule has 0 fully saturated rings. The van der Waals surface area contributed by atoms with Gasteiger partial charge >= 0.3 is 0 Å². The van der Waals surface area contributed by atoms with Crippen LogP contribution in [0.3, 0.4) is 0 Å². The summed E-state index contributed by atoms with van der Waals surface area (Å²) in [6, 6.07) is 11.0. The van der Waals surface area contributed by atoms with Gasteiger partial charge in [0.15, 0.2) is 0 Å². The van der Waals surface area contributed by atoms with Crippen LogP contribution in [0, 0.1) is 5.82 Å². The fourth-order valence-corrected chi connectivity index (χ4v) is 2.01. The Hall–Kier alpha value is -2.07. The van der Waals surface area contributed by atoms with E-state index in [0.29, 0.717) is 12.3 Å². The Kier molecular flexibility index (Phi) is 5.17. The lowest BCUT2D eigenvalue weighted by Gasteiger charge is -2.09. The fourth-order valence-electron chi connectivity index (χ4n) is 1.76. The molecule has 0 bridgehead atoms. The average Bonchev–Trinajstić information content (AvgIpc) is 2.46. The molecule has 0 aliphatic carbocycles. The molecule has 0 atom stereocenters. The normalized spacial score (nSPS) is 10.2. The van der Waals surface area contributed by atoms with Crippen LogP contribution in [0.5, 0.6) is 5.75 Å². The number of ether oxygens (including phenoxy) is 1. The van der Waals surface area contributed by atoms with Gasteiger partial charge in [-0.15, -0.1) is 0 Å². The van der Waals surface area contributed by atoms with Gasteiger partial charge in [0.05, 0.1) is 17.2 Å². The number of halogens is 2. The lowest BCUT2D eigenvalue weighted by atomic mass is 10.2. The summed E-state index contributed by atoms with van der Waals surface area (Å²) in [4.78, 5) is 12.0. The minimum atomic E-state index is -0.650. The Balaban J connectivity index is 2.09. The summed E-state index contributed by atoms with van der Waals surface area (Å²) < 4.78 is 19.1. The Morgan fingerprint density at radius 3 is 2.57 bits per heavy atom.